The van der Waals surface area contributed by atoms with Crippen LogP contribution in [0.5, 0.6) is 0 Å². The van der Waals surface area contributed by atoms with E-state index >= 15 is 0 Å². The summed E-state index contributed by atoms with van der Waals surface area (Å²) in [7, 11) is 3.30. The molecular weight excluding hydrogens is 470 g/mol. The van der Waals surface area contributed by atoms with Gasteiger partial charge in [0.1, 0.15) is 5.69 Å². The van der Waals surface area contributed by atoms with Gasteiger partial charge in [0, 0.05) is 58.9 Å². The third-order valence-corrected chi connectivity index (χ3v) is 7.05. The number of anilines is 2. The summed E-state index contributed by atoms with van der Waals surface area (Å²) in [5.41, 5.74) is 2.19. The number of carbonyl (C=O) groups excluding carboxylic acids is 2. The van der Waals surface area contributed by atoms with Gasteiger partial charge < -0.3 is 29.7 Å². The van der Waals surface area contributed by atoms with E-state index in [0.717, 1.165) is 43.3 Å². The molecule has 2 saturated heterocycles. The zero-order valence-electron chi connectivity index (χ0n) is 20.2. The fourth-order valence-electron chi connectivity index (χ4n) is 4.16. The molecule has 4 rings (SSSR count). The average molecular weight is 504 g/mol. The second-order valence-electron chi connectivity index (χ2n) is 8.58. The summed E-state index contributed by atoms with van der Waals surface area (Å²) in [5, 5.41) is 8.29. The van der Waals surface area contributed by atoms with Crippen molar-refractivity contribution in [3.05, 3.63) is 40.4 Å². The van der Waals surface area contributed by atoms with Crippen LogP contribution in [0.2, 0.25) is 0 Å². The van der Waals surface area contributed by atoms with Crippen LogP contribution in [-0.4, -0.2) is 94.6 Å². The minimum Gasteiger partial charge on any atom is -0.383 e. The van der Waals surface area contributed by atoms with Gasteiger partial charge >= 0.3 is 0 Å². The minimum atomic E-state index is -0.346. The van der Waals surface area contributed by atoms with E-state index in [2.05, 4.69) is 25.4 Å². The quantitative estimate of drug-likeness (QED) is 0.473. The van der Waals surface area contributed by atoms with Crippen molar-refractivity contribution < 1.29 is 23.8 Å². The van der Waals surface area contributed by atoms with Gasteiger partial charge in [-0.15, -0.1) is 11.3 Å². The minimum absolute atomic E-state index is 0.186. The Morgan fingerprint density at radius 2 is 2.03 bits per heavy atom. The molecule has 0 spiro atoms. The van der Waals surface area contributed by atoms with Crippen LogP contribution in [0.3, 0.4) is 0 Å². The number of carbonyl (C=O) groups is 2. The molecule has 2 fully saturated rings. The van der Waals surface area contributed by atoms with Gasteiger partial charge in [0.2, 0.25) is 0 Å². The average Bonchev–Trinajstić information content (AvgIpc) is 3.55. The summed E-state index contributed by atoms with van der Waals surface area (Å²) >= 11 is 1.43. The van der Waals surface area contributed by atoms with Crippen LogP contribution in [0, 0.1) is 0 Å². The summed E-state index contributed by atoms with van der Waals surface area (Å²) in [6.45, 7) is 6.22. The van der Waals surface area contributed by atoms with Crippen molar-refractivity contribution in [3.63, 3.8) is 0 Å². The highest BCUT2D eigenvalue weighted by Gasteiger charge is 2.25. The largest absolute Gasteiger partial charge is 0.383 e. The number of rotatable bonds is 10. The van der Waals surface area contributed by atoms with Gasteiger partial charge in [-0.2, -0.15) is 0 Å². The maximum absolute atomic E-state index is 13.0. The predicted molar refractivity (Wildman–Crippen MR) is 134 cm³/mol. The number of benzene rings is 1. The molecule has 2 amide bonds. The number of morpholine rings is 1. The van der Waals surface area contributed by atoms with Crippen molar-refractivity contribution in [2.45, 2.75) is 19.1 Å². The maximum atomic E-state index is 13.0. The summed E-state index contributed by atoms with van der Waals surface area (Å²) in [6.07, 6.45) is 1.13. The van der Waals surface area contributed by atoms with Gasteiger partial charge in [-0.05, 0) is 24.1 Å². The molecule has 2 N–H and O–H groups in total. The molecule has 2 aromatic rings. The van der Waals surface area contributed by atoms with Gasteiger partial charge in [0.25, 0.3) is 11.8 Å². The van der Waals surface area contributed by atoms with E-state index in [0.29, 0.717) is 49.9 Å². The first-order chi connectivity index (χ1) is 17.1. The number of ether oxygens (including phenoxy) is 3. The van der Waals surface area contributed by atoms with E-state index in [1.165, 1.54) is 11.3 Å². The van der Waals surface area contributed by atoms with Crippen molar-refractivity contribution in [1.82, 2.24) is 15.2 Å². The third kappa shape index (κ3) is 6.77. The van der Waals surface area contributed by atoms with E-state index in [1.807, 2.05) is 12.1 Å². The molecule has 1 aromatic heterocycles. The SMILES string of the molecule is COCCNC(=O)c1cc(CN2CCOCC2)ccc1NC(=O)c1csc(N2CC[C@H](OC)C2)n1. The van der Waals surface area contributed by atoms with Gasteiger partial charge in [0.05, 0.1) is 37.2 Å². The molecule has 2 aliphatic heterocycles. The summed E-state index contributed by atoms with van der Waals surface area (Å²) in [6, 6.07) is 5.57. The standard InChI is InChI=1S/C24H33N5O5S/c1-32-10-6-25-22(30)19-13-17(14-28-8-11-34-12-9-28)3-4-20(19)26-23(31)21-16-35-24(27-21)29-7-5-18(15-29)33-2/h3-4,13,16,18H,5-12,14-15H2,1-2H3,(H,25,30)(H,26,31)/t18-/m0/s1. The smallest absolute Gasteiger partial charge is 0.275 e. The molecule has 10 nitrogen and oxygen atoms in total. The Bertz CT molecular complexity index is 1010. The van der Waals surface area contributed by atoms with Crippen LogP contribution in [0.4, 0.5) is 10.8 Å². The normalized spacial score (nSPS) is 18.6. The number of nitrogens with zero attached hydrogens (tertiary/aromatic N) is 3. The Kier molecular flexibility index (Phi) is 9.05. The molecule has 0 radical (unpaired) electrons. The highest BCUT2D eigenvalue weighted by atomic mass is 32.1. The molecule has 3 heterocycles. The Labute approximate surface area is 209 Å². The van der Waals surface area contributed by atoms with E-state index in [4.69, 9.17) is 14.2 Å². The number of thiazole rings is 1. The topological polar surface area (TPSA) is 105 Å². The fraction of sp³-hybridized carbons (Fsp3) is 0.542. The first-order valence-corrected chi connectivity index (χ1v) is 12.7. The van der Waals surface area contributed by atoms with Gasteiger partial charge in [-0.25, -0.2) is 4.98 Å². The van der Waals surface area contributed by atoms with Crippen LogP contribution in [0.15, 0.2) is 23.6 Å². The third-order valence-electron chi connectivity index (χ3n) is 6.15. The number of hydrogen-bond donors (Lipinski definition) is 2. The molecule has 190 valence electrons. The fourth-order valence-corrected chi connectivity index (χ4v) is 5.00. The molecule has 0 aliphatic carbocycles. The van der Waals surface area contributed by atoms with Crippen LogP contribution in [0.1, 0.15) is 32.8 Å². The molecular formula is C24H33N5O5S. The molecule has 11 heteroatoms. The van der Waals surface area contributed by atoms with E-state index in [-0.39, 0.29) is 17.9 Å². The lowest BCUT2D eigenvalue weighted by Gasteiger charge is -2.26. The predicted octanol–water partition coefficient (Wildman–Crippen LogP) is 1.83. The first kappa shape index (κ1) is 25.5. The van der Waals surface area contributed by atoms with Gasteiger partial charge in [-0.3, -0.25) is 14.5 Å². The Balaban J connectivity index is 1.48. The zero-order valence-corrected chi connectivity index (χ0v) is 21.1. The van der Waals surface area contributed by atoms with Crippen LogP contribution in [0.25, 0.3) is 0 Å². The lowest BCUT2D eigenvalue weighted by Crippen LogP contribution is -2.35. The van der Waals surface area contributed by atoms with Crippen molar-refractivity contribution >= 4 is 34.0 Å². The lowest BCUT2D eigenvalue weighted by molar-refractivity contribution is 0.0342. The van der Waals surface area contributed by atoms with Crippen LogP contribution < -0.4 is 15.5 Å². The maximum Gasteiger partial charge on any atom is 0.275 e. The number of methoxy groups -OCH3 is 2. The summed E-state index contributed by atoms with van der Waals surface area (Å²) in [5.74, 6) is -0.607. The molecule has 35 heavy (non-hydrogen) atoms. The molecule has 1 aromatic carbocycles. The van der Waals surface area contributed by atoms with Crippen molar-refractivity contribution in [3.8, 4) is 0 Å². The van der Waals surface area contributed by atoms with E-state index in [9.17, 15) is 9.59 Å². The highest BCUT2D eigenvalue weighted by Crippen LogP contribution is 2.26. The van der Waals surface area contributed by atoms with Crippen LogP contribution in [-0.2, 0) is 20.8 Å². The number of nitrogens with one attached hydrogen (secondary N) is 2. The lowest BCUT2D eigenvalue weighted by atomic mass is 10.1. The molecule has 0 bridgehead atoms. The summed E-state index contributed by atoms with van der Waals surface area (Å²) < 4.78 is 15.9. The summed E-state index contributed by atoms with van der Waals surface area (Å²) in [4.78, 5) is 34.9. The molecule has 2 aliphatic rings. The molecule has 1 atom stereocenters. The zero-order chi connectivity index (χ0) is 24.6. The van der Waals surface area contributed by atoms with Gasteiger partial charge in [0.15, 0.2) is 5.13 Å². The first-order valence-electron chi connectivity index (χ1n) is 11.8. The van der Waals surface area contributed by atoms with Crippen LogP contribution >= 0.6 is 11.3 Å². The Morgan fingerprint density at radius 3 is 2.77 bits per heavy atom. The Morgan fingerprint density at radius 1 is 1.20 bits per heavy atom. The molecule has 0 saturated carbocycles. The van der Waals surface area contributed by atoms with Crippen molar-refractivity contribution in [2.75, 3.05) is 77.0 Å². The van der Waals surface area contributed by atoms with Crippen molar-refractivity contribution in [1.29, 1.82) is 0 Å². The monoisotopic (exact) mass is 503 g/mol. The second-order valence-corrected chi connectivity index (χ2v) is 9.42. The Hall–Kier alpha value is -2.57. The van der Waals surface area contributed by atoms with E-state index in [1.54, 1.807) is 25.7 Å². The molecule has 0 unspecified atom stereocenters. The number of amides is 2. The van der Waals surface area contributed by atoms with Crippen molar-refractivity contribution in [2.24, 2.45) is 0 Å². The van der Waals surface area contributed by atoms with Gasteiger partial charge in [-0.1, -0.05) is 6.07 Å². The second kappa shape index (κ2) is 12.4. The number of hydrogen-bond acceptors (Lipinski definition) is 9. The van der Waals surface area contributed by atoms with E-state index < -0.39 is 0 Å². The number of aromatic nitrogens is 1. The highest BCUT2D eigenvalue weighted by molar-refractivity contribution is 7.14.